The molecule has 0 aromatic heterocycles. The van der Waals surface area contributed by atoms with Crippen LogP contribution in [0.2, 0.25) is 0 Å². The molecule has 0 saturated carbocycles. The summed E-state index contributed by atoms with van der Waals surface area (Å²) in [6.45, 7) is 7.27. The van der Waals surface area contributed by atoms with Crippen LogP contribution in [0.4, 0.5) is 10.5 Å². The van der Waals surface area contributed by atoms with E-state index in [4.69, 9.17) is 10.3 Å². The number of azide groups is 1. The number of hydrogen-bond donors (Lipinski definition) is 2. The molecule has 0 spiro atoms. The Labute approximate surface area is 124 Å². The maximum absolute atomic E-state index is 11.4. The Morgan fingerprint density at radius 3 is 2.52 bits per heavy atom. The Bertz CT molecular complexity index is 501. The predicted molar refractivity (Wildman–Crippen MR) is 81.2 cm³/mol. The second kappa shape index (κ2) is 8.14. The number of hydrogen-bond acceptors (Lipinski definition) is 4. The summed E-state index contributed by atoms with van der Waals surface area (Å²) >= 11 is 0. The third-order valence-corrected chi connectivity index (χ3v) is 2.40. The fourth-order valence-corrected chi connectivity index (χ4v) is 1.53. The maximum Gasteiger partial charge on any atom is 0.407 e. The van der Waals surface area contributed by atoms with Gasteiger partial charge in [-0.2, -0.15) is 0 Å². The summed E-state index contributed by atoms with van der Waals surface area (Å²) in [7, 11) is 0. The first kappa shape index (κ1) is 16.8. The van der Waals surface area contributed by atoms with Crippen molar-refractivity contribution in [1.29, 1.82) is 0 Å². The highest BCUT2D eigenvalue weighted by molar-refractivity contribution is 5.67. The molecule has 0 unspecified atom stereocenters. The van der Waals surface area contributed by atoms with Gasteiger partial charge < -0.3 is 15.4 Å². The molecule has 21 heavy (non-hydrogen) atoms. The third-order valence-electron chi connectivity index (χ3n) is 2.40. The van der Waals surface area contributed by atoms with Gasteiger partial charge in [0.2, 0.25) is 0 Å². The van der Waals surface area contributed by atoms with Gasteiger partial charge in [-0.3, -0.25) is 0 Å². The molecular formula is C14H21N5O2. The molecule has 0 aliphatic rings. The van der Waals surface area contributed by atoms with Crippen LogP contribution < -0.4 is 10.6 Å². The Hall–Kier alpha value is -2.24. The van der Waals surface area contributed by atoms with Gasteiger partial charge in [0.05, 0.1) is 0 Å². The van der Waals surface area contributed by atoms with Gasteiger partial charge in [0.25, 0.3) is 0 Å². The Kier molecular flexibility index (Phi) is 6.52. The molecule has 0 saturated heterocycles. The fourth-order valence-electron chi connectivity index (χ4n) is 1.53. The van der Waals surface area contributed by atoms with Crippen LogP contribution >= 0.6 is 0 Å². The van der Waals surface area contributed by atoms with Crippen LogP contribution in [-0.2, 0) is 11.3 Å². The molecule has 7 heteroatoms. The van der Waals surface area contributed by atoms with E-state index in [-0.39, 0.29) is 0 Å². The van der Waals surface area contributed by atoms with E-state index in [1.807, 2.05) is 32.9 Å². The predicted octanol–water partition coefficient (Wildman–Crippen LogP) is 3.24. The van der Waals surface area contributed by atoms with Crippen molar-refractivity contribution in [3.63, 3.8) is 0 Å². The number of carbonyl (C=O) groups excluding carboxylic acids is 1. The van der Waals surface area contributed by atoms with Crippen molar-refractivity contribution in [2.75, 3.05) is 13.1 Å². The first-order valence-electron chi connectivity index (χ1n) is 6.72. The Morgan fingerprint density at radius 2 is 1.95 bits per heavy atom. The molecule has 0 fully saturated rings. The molecule has 2 N–H and O–H groups in total. The van der Waals surface area contributed by atoms with Gasteiger partial charge in [0.15, 0.2) is 0 Å². The molecular weight excluding hydrogens is 270 g/mol. The van der Waals surface area contributed by atoms with Gasteiger partial charge in [-0.25, -0.2) is 4.79 Å². The van der Waals surface area contributed by atoms with Crippen LogP contribution in [0.3, 0.4) is 0 Å². The van der Waals surface area contributed by atoms with E-state index in [0.717, 1.165) is 5.56 Å². The quantitative estimate of drug-likeness (QED) is 0.364. The normalized spacial score (nSPS) is 10.6. The molecule has 1 aromatic rings. The zero-order chi connectivity index (χ0) is 15.7. The fraction of sp³-hybridized carbons (Fsp3) is 0.500. The second-order valence-electron chi connectivity index (χ2n) is 5.46. The lowest BCUT2D eigenvalue weighted by Crippen LogP contribution is -2.36. The van der Waals surface area contributed by atoms with Crippen molar-refractivity contribution in [2.24, 2.45) is 5.11 Å². The van der Waals surface area contributed by atoms with Crippen molar-refractivity contribution >= 4 is 11.8 Å². The third kappa shape index (κ3) is 7.81. The van der Waals surface area contributed by atoms with E-state index in [1.165, 1.54) is 0 Å². The molecule has 0 atom stereocenters. The van der Waals surface area contributed by atoms with Crippen molar-refractivity contribution in [3.05, 3.63) is 40.3 Å². The number of alkyl carbamates (subject to hydrolysis) is 1. The van der Waals surface area contributed by atoms with E-state index in [2.05, 4.69) is 20.7 Å². The monoisotopic (exact) mass is 291 g/mol. The van der Waals surface area contributed by atoms with E-state index in [0.29, 0.717) is 25.3 Å². The molecule has 1 amide bonds. The lowest BCUT2D eigenvalue weighted by Gasteiger charge is -2.19. The molecule has 0 heterocycles. The maximum atomic E-state index is 11.4. The van der Waals surface area contributed by atoms with Crippen LogP contribution in [0, 0.1) is 0 Å². The summed E-state index contributed by atoms with van der Waals surface area (Å²) in [4.78, 5) is 14.1. The summed E-state index contributed by atoms with van der Waals surface area (Å²) in [5.74, 6) is 0. The summed E-state index contributed by atoms with van der Waals surface area (Å²) in [5.41, 5.74) is 9.49. The average Bonchev–Trinajstić information content (AvgIpc) is 2.38. The van der Waals surface area contributed by atoms with Crippen LogP contribution in [0.1, 0.15) is 26.3 Å². The van der Waals surface area contributed by atoms with Gasteiger partial charge in [-0.15, -0.1) is 0 Å². The number of amides is 1. The van der Waals surface area contributed by atoms with Crippen molar-refractivity contribution < 1.29 is 9.53 Å². The number of rotatable bonds is 6. The standard InChI is InChI=1S/C14H21N5O2/c1-14(2,3)21-13(20)17-9-8-16-10-11-4-6-12(7-5-11)18-19-15/h4-7,16H,8-10H2,1-3H3,(H,17,20). The molecule has 0 bridgehead atoms. The minimum Gasteiger partial charge on any atom is -0.444 e. The average molecular weight is 291 g/mol. The largest absolute Gasteiger partial charge is 0.444 e. The van der Waals surface area contributed by atoms with Gasteiger partial charge in [0.1, 0.15) is 5.60 Å². The van der Waals surface area contributed by atoms with Gasteiger partial charge in [-0.1, -0.05) is 29.4 Å². The van der Waals surface area contributed by atoms with Crippen LogP contribution in [0.15, 0.2) is 29.4 Å². The van der Waals surface area contributed by atoms with Crippen molar-refractivity contribution in [3.8, 4) is 0 Å². The molecule has 0 aliphatic carbocycles. The van der Waals surface area contributed by atoms with Gasteiger partial charge in [-0.05, 0) is 31.9 Å². The van der Waals surface area contributed by atoms with Crippen LogP contribution in [0.25, 0.3) is 10.4 Å². The number of benzene rings is 1. The van der Waals surface area contributed by atoms with E-state index < -0.39 is 11.7 Å². The van der Waals surface area contributed by atoms with E-state index in [9.17, 15) is 4.79 Å². The summed E-state index contributed by atoms with van der Waals surface area (Å²) in [5, 5.41) is 9.37. The minimum atomic E-state index is -0.481. The summed E-state index contributed by atoms with van der Waals surface area (Å²) in [6, 6.07) is 7.29. The van der Waals surface area contributed by atoms with Gasteiger partial charge in [0, 0.05) is 30.2 Å². The molecule has 0 radical (unpaired) electrons. The first-order chi connectivity index (χ1) is 9.90. The Balaban J connectivity index is 2.19. The lowest BCUT2D eigenvalue weighted by atomic mass is 10.2. The molecule has 1 aromatic carbocycles. The van der Waals surface area contributed by atoms with Crippen molar-refractivity contribution in [2.45, 2.75) is 32.9 Å². The highest BCUT2D eigenvalue weighted by atomic mass is 16.6. The molecule has 0 aliphatic heterocycles. The number of carbonyl (C=O) groups is 1. The highest BCUT2D eigenvalue weighted by Gasteiger charge is 2.15. The zero-order valence-electron chi connectivity index (χ0n) is 12.6. The molecule has 1 rings (SSSR count). The van der Waals surface area contributed by atoms with Crippen LogP contribution in [0.5, 0.6) is 0 Å². The summed E-state index contributed by atoms with van der Waals surface area (Å²) in [6.07, 6.45) is -0.414. The van der Waals surface area contributed by atoms with Crippen LogP contribution in [-0.4, -0.2) is 24.8 Å². The molecule has 114 valence electrons. The molecule has 7 nitrogen and oxygen atoms in total. The summed E-state index contributed by atoms with van der Waals surface area (Å²) < 4.78 is 5.12. The number of nitrogens with zero attached hydrogens (tertiary/aromatic N) is 3. The highest BCUT2D eigenvalue weighted by Crippen LogP contribution is 2.12. The number of ether oxygens (including phenoxy) is 1. The zero-order valence-corrected chi connectivity index (χ0v) is 12.6. The second-order valence-corrected chi connectivity index (χ2v) is 5.46. The first-order valence-corrected chi connectivity index (χ1v) is 6.72. The van der Waals surface area contributed by atoms with Crippen molar-refractivity contribution in [1.82, 2.24) is 10.6 Å². The van der Waals surface area contributed by atoms with E-state index >= 15 is 0 Å². The minimum absolute atomic E-state index is 0.414. The topological polar surface area (TPSA) is 99.1 Å². The Morgan fingerprint density at radius 1 is 1.29 bits per heavy atom. The number of nitrogens with one attached hydrogen (secondary N) is 2. The van der Waals surface area contributed by atoms with Gasteiger partial charge >= 0.3 is 6.09 Å². The SMILES string of the molecule is CC(C)(C)OC(=O)NCCNCc1ccc(N=[N+]=[N-])cc1. The lowest BCUT2D eigenvalue weighted by molar-refractivity contribution is 0.0528. The van der Waals surface area contributed by atoms with E-state index in [1.54, 1.807) is 12.1 Å². The smallest absolute Gasteiger partial charge is 0.407 e.